The van der Waals surface area contributed by atoms with E-state index in [1.165, 1.54) is 0 Å². The number of hydrogen-bond acceptors (Lipinski definition) is 4. The quantitative estimate of drug-likeness (QED) is 0.829. The molecule has 0 aliphatic heterocycles. The van der Waals surface area contributed by atoms with Gasteiger partial charge in [0.2, 0.25) is 0 Å². The van der Waals surface area contributed by atoms with Crippen LogP contribution in [0.3, 0.4) is 0 Å². The number of esters is 1. The fraction of sp³-hybridized carbons (Fsp3) is 0.235. The molecule has 2 aromatic carbocycles. The van der Waals surface area contributed by atoms with Gasteiger partial charge in [-0.25, -0.2) is 0 Å². The number of ether oxygens (including phenoxy) is 2. The first-order valence-electron chi connectivity index (χ1n) is 6.91. The standard InChI is InChI=1S/C17H19NO3/c1-2-20-17(19)16(18)12-21-15-10-8-14(9-11-15)13-6-4-3-5-7-13/h3-11,16H,2,12,18H2,1H3. The van der Waals surface area contributed by atoms with Crippen LogP contribution in [0.25, 0.3) is 11.1 Å². The van der Waals surface area contributed by atoms with Gasteiger partial charge in [-0.05, 0) is 30.2 Å². The number of rotatable bonds is 6. The van der Waals surface area contributed by atoms with Crippen molar-refractivity contribution >= 4 is 5.97 Å². The summed E-state index contributed by atoms with van der Waals surface area (Å²) in [6.07, 6.45) is 0. The van der Waals surface area contributed by atoms with Crippen molar-refractivity contribution in [3.05, 3.63) is 54.6 Å². The minimum Gasteiger partial charge on any atom is -0.491 e. The van der Waals surface area contributed by atoms with E-state index in [1.54, 1.807) is 6.92 Å². The van der Waals surface area contributed by atoms with E-state index in [0.29, 0.717) is 12.4 Å². The molecule has 4 nitrogen and oxygen atoms in total. The van der Waals surface area contributed by atoms with Gasteiger partial charge >= 0.3 is 5.97 Å². The molecule has 0 aliphatic rings. The van der Waals surface area contributed by atoms with Crippen molar-refractivity contribution in [2.75, 3.05) is 13.2 Å². The van der Waals surface area contributed by atoms with Gasteiger partial charge < -0.3 is 15.2 Å². The SMILES string of the molecule is CCOC(=O)C(N)COc1ccc(-c2ccccc2)cc1. The number of carbonyl (C=O) groups is 1. The van der Waals surface area contributed by atoms with E-state index >= 15 is 0 Å². The fourth-order valence-electron chi connectivity index (χ4n) is 1.88. The predicted molar refractivity (Wildman–Crippen MR) is 82.0 cm³/mol. The summed E-state index contributed by atoms with van der Waals surface area (Å²) in [4.78, 5) is 11.4. The van der Waals surface area contributed by atoms with E-state index in [4.69, 9.17) is 15.2 Å². The summed E-state index contributed by atoms with van der Waals surface area (Å²) >= 11 is 0. The first-order valence-corrected chi connectivity index (χ1v) is 6.91. The van der Waals surface area contributed by atoms with Crippen LogP contribution in [-0.4, -0.2) is 25.2 Å². The molecule has 2 aromatic rings. The van der Waals surface area contributed by atoms with Crippen LogP contribution in [0.15, 0.2) is 54.6 Å². The maximum absolute atomic E-state index is 11.4. The maximum Gasteiger partial charge on any atom is 0.326 e. The molecule has 0 saturated carbocycles. The summed E-state index contributed by atoms with van der Waals surface area (Å²) in [5.74, 6) is 0.229. The summed E-state index contributed by atoms with van der Waals surface area (Å²) in [5.41, 5.74) is 7.93. The maximum atomic E-state index is 11.4. The lowest BCUT2D eigenvalue weighted by atomic mass is 10.1. The highest BCUT2D eigenvalue weighted by Crippen LogP contribution is 2.22. The van der Waals surface area contributed by atoms with Gasteiger partial charge in [0.05, 0.1) is 6.61 Å². The molecule has 4 heteroatoms. The van der Waals surface area contributed by atoms with E-state index < -0.39 is 12.0 Å². The number of nitrogens with two attached hydrogens (primary N) is 1. The monoisotopic (exact) mass is 285 g/mol. The van der Waals surface area contributed by atoms with Crippen molar-refractivity contribution in [3.8, 4) is 16.9 Å². The lowest BCUT2D eigenvalue weighted by Crippen LogP contribution is -2.37. The van der Waals surface area contributed by atoms with Crippen LogP contribution in [0, 0.1) is 0 Å². The second-order valence-corrected chi connectivity index (χ2v) is 4.56. The molecule has 21 heavy (non-hydrogen) atoms. The molecule has 0 fully saturated rings. The Morgan fingerprint density at radius 2 is 1.67 bits per heavy atom. The smallest absolute Gasteiger partial charge is 0.326 e. The third-order valence-corrected chi connectivity index (χ3v) is 2.98. The van der Waals surface area contributed by atoms with Gasteiger partial charge in [-0.1, -0.05) is 42.5 Å². The molecule has 110 valence electrons. The van der Waals surface area contributed by atoms with E-state index in [-0.39, 0.29) is 6.61 Å². The molecule has 1 atom stereocenters. The van der Waals surface area contributed by atoms with Gasteiger partial charge in [0.1, 0.15) is 18.4 Å². The molecule has 0 spiro atoms. The van der Waals surface area contributed by atoms with Gasteiger partial charge in [-0.15, -0.1) is 0 Å². The Hall–Kier alpha value is -2.33. The lowest BCUT2D eigenvalue weighted by Gasteiger charge is -2.12. The molecule has 0 amide bonds. The van der Waals surface area contributed by atoms with Crippen molar-refractivity contribution < 1.29 is 14.3 Å². The molecular formula is C17H19NO3. The van der Waals surface area contributed by atoms with E-state index in [0.717, 1.165) is 11.1 Å². The zero-order valence-electron chi connectivity index (χ0n) is 12.0. The van der Waals surface area contributed by atoms with Crippen LogP contribution < -0.4 is 10.5 Å². The van der Waals surface area contributed by atoms with Crippen LogP contribution >= 0.6 is 0 Å². The van der Waals surface area contributed by atoms with Crippen LogP contribution in [-0.2, 0) is 9.53 Å². The second kappa shape index (κ2) is 7.45. The number of hydrogen-bond donors (Lipinski definition) is 1. The Labute approximate surface area is 124 Å². The topological polar surface area (TPSA) is 61.5 Å². The number of carbonyl (C=O) groups excluding carboxylic acids is 1. The van der Waals surface area contributed by atoms with Crippen molar-refractivity contribution in [2.24, 2.45) is 5.73 Å². The Balaban J connectivity index is 1.93. The molecule has 2 rings (SSSR count). The third kappa shape index (κ3) is 4.33. The van der Waals surface area contributed by atoms with E-state index in [1.807, 2.05) is 54.6 Å². The summed E-state index contributed by atoms with van der Waals surface area (Å²) in [7, 11) is 0. The summed E-state index contributed by atoms with van der Waals surface area (Å²) in [6.45, 7) is 2.16. The Kier molecular flexibility index (Phi) is 5.35. The highest BCUT2D eigenvalue weighted by Gasteiger charge is 2.15. The van der Waals surface area contributed by atoms with Gasteiger partial charge in [0.25, 0.3) is 0 Å². The zero-order valence-corrected chi connectivity index (χ0v) is 12.0. The minimum atomic E-state index is -0.765. The molecule has 1 unspecified atom stereocenters. The van der Waals surface area contributed by atoms with Crippen LogP contribution in [0.2, 0.25) is 0 Å². The molecular weight excluding hydrogens is 266 g/mol. The zero-order chi connectivity index (χ0) is 15.1. The van der Waals surface area contributed by atoms with Crippen molar-refractivity contribution in [1.82, 2.24) is 0 Å². The predicted octanol–water partition coefficient (Wildman–Crippen LogP) is 2.62. The highest BCUT2D eigenvalue weighted by atomic mass is 16.5. The average molecular weight is 285 g/mol. The Morgan fingerprint density at radius 3 is 2.29 bits per heavy atom. The van der Waals surface area contributed by atoms with Gasteiger partial charge in [-0.2, -0.15) is 0 Å². The number of benzene rings is 2. The first kappa shape index (κ1) is 15.1. The summed E-state index contributed by atoms with van der Waals surface area (Å²) in [5, 5.41) is 0. The largest absolute Gasteiger partial charge is 0.491 e. The van der Waals surface area contributed by atoms with Crippen LogP contribution in [0.5, 0.6) is 5.75 Å². The summed E-state index contributed by atoms with van der Waals surface area (Å²) < 4.78 is 10.3. The van der Waals surface area contributed by atoms with Gasteiger partial charge in [0, 0.05) is 0 Å². The van der Waals surface area contributed by atoms with E-state index in [9.17, 15) is 4.79 Å². The minimum absolute atomic E-state index is 0.101. The Morgan fingerprint density at radius 1 is 1.05 bits per heavy atom. The second-order valence-electron chi connectivity index (χ2n) is 4.56. The third-order valence-electron chi connectivity index (χ3n) is 2.98. The van der Waals surface area contributed by atoms with Crippen LogP contribution in [0.1, 0.15) is 6.92 Å². The highest BCUT2D eigenvalue weighted by molar-refractivity contribution is 5.75. The summed E-state index contributed by atoms with van der Waals surface area (Å²) in [6, 6.07) is 17.0. The van der Waals surface area contributed by atoms with Gasteiger partial charge in [-0.3, -0.25) is 4.79 Å². The molecule has 0 bridgehead atoms. The van der Waals surface area contributed by atoms with Crippen molar-refractivity contribution in [3.63, 3.8) is 0 Å². The van der Waals surface area contributed by atoms with Crippen LogP contribution in [0.4, 0.5) is 0 Å². The Bertz CT molecular complexity index is 566. The fourth-order valence-corrected chi connectivity index (χ4v) is 1.88. The molecule has 0 saturated heterocycles. The molecule has 0 aromatic heterocycles. The lowest BCUT2D eigenvalue weighted by molar-refractivity contribution is -0.145. The van der Waals surface area contributed by atoms with Crippen molar-refractivity contribution in [2.45, 2.75) is 13.0 Å². The molecule has 0 heterocycles. The molecule has 0 radical (unpaired) electrons. The van der Waals surface area contributed by atoms with Gasteiger partial charge in [0.15, 0.2) is 0 Å². The average Bonchev–Trinajstić information content (AvgIpc) is 2.54. The first-order chi connectivity index (χ1) is 10.2. The van der Waals surface area contributed by atoms with Crippen molar-refractivity contribution in [1.29, 1.82) is 0 Å². The normalized spacial score (nSPS) is 11.7. The molecule has 0 aliphatic carbocycles. The van der Waals surface area contributed by atoms with E-state index in [2.05, 4.69) is 0 Å². The molecule has 2 N–H and O–H groups in total.